The standard InChI is InChI=1S/C14H19NO3/c16-8-3-7-15-14(17)10-13-12-5-2-1-4-11(12)6-9-18-13/h1-2,4-5,13,16H,3,6-10H2,(H,15,17). The van der Waals surface area contributed by atoms with Gasteiger partial charge in [-0.2, -0.15) is 0 Å². The summed E-state index contributed by atoms with van der Waals surface area (Å²) in [6, 6.07) is 8.11. The van der Waals surface area contributed by atoms with Gasteiger partial charge in [0, 0.05) is 13.2 Å². The molecular formula is C14H19NO3. The van der Waals surface area contributed by atoms with Crippen LogP contribution in [0.4, 0.5) is 0 Å². The molecule has 0 fully saturated rings. The van der Waals surface area contributed by atoms with Crippen molar-refractivity contribution in [3.8, 4) is 0 Å². The molecule has 0 aromatic heterocycles. The van der Waals surface area contributed by atoms with Gasteiger partial charge >= 0.3 is 0 Å². The van der Waals surface area contributed by atoms with E-state index in [0.717, 1.165) is 12.0 Å². The number of fused-ring (bicyclic) bond motifs is 1. The number of hydrogen-bond acceptors (Lipinski definition) is 3. The second-order valence-electron chi connectivity index (χ2n) is 4.44. The SMILES string of the molecule is O=C(CC1OCCc2ccccc21)NCCCO. The Balaban J connectivity index is 1.92. The lowest BCUT2D eigenvalue weighted by atomic mass is 9.95. The van der Waals surface area contributed by atoms with Crippen molar-refractivity contribution in [2.24, 2.45) is 0 Å². The summed E-state index contributed by atoms with van der Waals surface area (Å²) in [7, 11) is 0. The topological polar surface area (TPSA) is 58.6 Å². The molecule has 4 heteroatoms. The molecule has 4 nitrogen and oxygen atoms in total. The normalized spacial score (nSPS) is 18.2. The lowest BCUT2D eigenvalue weighted by Gasteiger charge is -2.25. The number of carbonyl (C=O) groups excluding carboxylic acids is 1. The van der Waals surface area contributed by atoms with Crippen LogP contribution in [-0.4, -0.2) is 30.8 Å². The summed E-state index contributed by atoms with van der Waals surface area (Å²) in [4.78, 5) is 11.7. The Morgan fingerprint density at radius 3 is 3.11 bits per heavy atom. The van der Waals surface area contributed by atoms with E-state index in [4.69, 9.17) is 9.84 Å². The highest BCUT2D eigenvalue weighted by atomic mass is 16.5. The predicted octanol–water partition coefficient (Wildman–Crippen LogP) is 1.19. The molecule has 2 rings (SSSR count). The first-order chi connectivity index (χ1) is 8.81. The highest BCUT2D eigenvalue weighted by molar-refractivity contribution is 5.76. The number of benzene rings is 1. The summed E-state index contributed by atoms with van der Waals surface area (Å²) >= 11 is 0. The zero-order valence-electron chi connectivity index (χ0n) is 10.4. The first kappa shape index (κ1) is 13.1. The van der Waals surface area contributed by atoms with Crippen LogP contribution in [0.15, 0.2) is 24.3 Å². The molecule has 2 N–H and O–H groups in total. The number of rotatable bonds is 5. The highest BCUT2D eigenvalue weighted by Crippen LogP contribution is 2.29. The van der Waals surface area contributed by atoms with Crippen molar-refractivity contribution in [1.82, 2.24) is 5.32 Å². The number of nitrogens with one attached hydrogen (secondary N) is 1. The summed E-state index contributed by atoms with van der Waals surface area (Å²) in [6.45, 7) is 1.29. The second-order valence-corrected chi connectivity index (χ2v) is 4.44. The molecule has 0 radical (unpaired) electrons. The Labute approximate surface area is 107 Å². The van der Waals surface area contributed by atoms with Crippen LogP contribution in [0.5, 0.6) is 0 Å². The van der Waals surface area contributed by atoms with E-state index in [0.29, 0.717) is 26.0 Å². The van der Waals surface area contributed by atoms with E-state index in [-0.39, 0.29) is 18.6 Å². The predicted molar refractivity (Wildman–Crippen MR) is 68.2 cm³/mol. The quantitative estimate of drug-likeness (QED) is 0.771. The van der Waals surface area contributed by atoms with Crippen molar-refractivity contribution in [1.29, 1.82) is 0 Å². The van der Waals surface area contributed by atoms with Gasteiger partial charge in [-0.3, -0.25) is 4.79 Å². The molecule has 1 atom stereocenters. The maximum Gasteiger partial charge on any atom is 0.222 e. The van der Waals surface area contributed by atoms with Crippen LogP contribution in [0.3, 0.4) is 0 Å². The van der Waals surface area contributed by atoms with E-state index in [9.17, 15) is 4.79 Å². The Morgan fingerprint density at radius 2 is 2.28 bits per heavy atom. The first-order valence-corrected chi connectivity index (χ1v) is 6.38. The van der Waals surface area contributed by atoms with Crippen LogP contribution < -0.4 is 5.32 Å². The molecule has 0 aliphatic carbocycles. The molecule has 1 aromatic carbocycles. The molecule has 1 aliphatic rings. The van der Waals surface area contributed by atoms with Crippen LogP contribution in [0, 0.1) is 0 Å². The number of carbonyl (C=O) groups is 1. The van der Waals surface area contributed by atoms with Crippen molar-refractivity contribution in [2.75, 3.05) is 19.8 Å². The van der Waals surface area contributed by atoms with E-state index in [1.165, 1.54) is 5.56 Å². The lowest BCUT2D eigenvalue weighted by molar-refractivity contribution is -0.124. The molecule has 0 saturated heterocycles. The molecule has 1 amide bonds. The van der Waals surface area contributed by atoms with Gasteiger partial charge < -0.3 is 15.2 Å². The average Bonchev–Trinajstić information content (AvgIpc) is 2.39. The number of aliphatic hydroxyl groups excluding tert-OH is 1. The number of amides is 1. The van der Waals surface area contributed by atoms with Crippen LogP contribution in [0.1, 0.15) is 30.1 Å². The molecule has 18 heavy (non-hydrogen) atoms. The minimum atomic E-state index is -0.135. The van der Waals surface area contributed by atoms with Crippen molar-refractivity contribution in [2.45, 2.75) is 25.4 Å². The molecular weight excluding hydrogens is 230 g/mol. The number of ether oxygens (including phenoxy) is 1. The maximum atomic E-state index is 11.7. The molecule has 0 spiro atoms. The van der Waals surface area contributed by atoms with Gasteiger partial charge in [-0.25, -0.2) is 0 Å². The molecule has 0 bridgehead atoms. The highest BCUT2D eigenvalue weighted by Gasteiger charge is 2.22. The van der Waals surface area contributed by atoms with Gasteiger partial charge in [-0.15, -0.1) is 0 Å². The van der Waals surface area contributed by atoms with Gasteiger partial charge in [0.15, 0.2) is 0 Å². The van der Waals surface area contributed by atoms with E-state index >= 15 is 0 Å². The summed E-state index contributed by atoms with van der Waals surface area (Å²) in [5, 5.41) is 11.4. The minimum absolute atomic E-state index is 0.0230. The lowest BCUT2D eigenvalue weighted by Crippen LogP contribution is -2.28. The molecule has 1 aromatic rings. The van der Waals surface area contributed by atoms with Crippen LogP contribution in [0.2, 0.25) is 0 Å². The van der Waals surface area contributed by atoms with Gasteiger partial charge in [0.2, 0.25) is 5.91 Å². The Morgan fingerprint density at radius 1 is 1.44 bits per heavy atom. The van der Waals surface area contributed by atoms with Crippen LogP contribution in [0.25, 0.3) is 0 Å². The van der Waals surface area contributed by atoms with Crippen LogP contribution >= 0.6 is 0 Å². The molecule has 0 saturated carbocycles. The molecule has 98 valence electrons. The minimum Gasteiger partial charge on any atom is -0.396 e. The summed E-state index contributed by atoms with van der Waals surface area (Å²) in [6.07, 6.45) is 1.72. The van der Waals surface area contributed by atoms with E-state index in [1.807, 2.05) is 18.2 Å². The first-order valence-electron chi connectivity index (χ1n) is 6.38. The van der Waals surface area contributed by atoms with Crippen molar-refractivity contribution in [3.63, 3.8) is 0 Å². The fraction of sp³-hybridized carbons (Fsp3) is 0.500. The van der Waals surface area contributed by atoms with Crippen molar-refractivity contribution in [3.05, 3.63) is 35.4 Å². The van der Waals surface area contributed by atoms with Gasteiger partial charge in [0.1, 0.15) is 0 Å². The average molecular weight is 249 g/mol. The summed E-state index contributed by atoms with van der Waals surface area (Å²) in [5.74, 6) is -0.0230. The Hall–Kier alpha value is -1.39. The number of aliphatic hydroxyl groups is 1. The van der Waals surface area contributed by atoms with Gasteiger partial charge in [0.05, 0.1) is 19.1 Å². The molecule has 1 aliphatic heterocycles. The fourth-order valence-corrected chi connectivity index (χ4v) is 2.19. The zero-order chi connectivity index (χ0) is 12.8. The van der Waals surface area contributed by atoms with Crippen molar-refractivity contribution < 1.29 is 14.6 Å². The van der Waals surface area contributed by atoms with Gasteiger partial charge in [-0.05, 0) is 24.0 Å². The third kappa shape index (κ3) is 3.31. The summed E-state index contributed by atoms with van der Waals surface area (Å²) < 4.78 is 5.67. The van der Waals surface area contributed by atoms with Gasteiger partial charge in [-0.1, -0.05) is 24.3 Å². The monoisotopic (exact) mass is 249 g/mol. The van der Waals surface area contributed by atoms with Gasteiger partial charge in [0.25, 0.3) is 0 Å². The third-order valence-corrected chi connectivity index (χ3v) is 3.12. The van der Waals surface area contributed by atoms with Crippen LogP contribution in [-0.2, 0) is 16.0 Å². The maximum absolute atomic E-state index is 11.7. The van der Waals surface area contributed by atoms with E-state index in [2.05, 4.69) is 11.4 Å². The fourth-order valence-electron chi connectivity index (χ4n) is 2.19. The Kier molecular flexibility index (Phi) is 4.73. The smallest absolute Gasteiger partial charge is 0.222 e. The molecule has 1 heterocycles. The molecule has 1 unspecified atom stereocenters. The van der Waals surface area contributed by atoms with Crippen molar-refractivity contribution >= 4 is 5.91 Å². The Bertz CT molecular complexity index is 406. The van der Waals surface area contributed by atoms with E-state index in [1.54, 1.807) is 0 Å². The number of hydrogen-bond donors (Lipinski definition) is 2. The third-order valence-electron chi connectivity index (χ3n) is 3.12. The second kappa shape index (κ2) is 6.52. The largest absolute Gasteiger partial charge is 0.396 e. The zero-order valence-corrected chi connectivity index (χ0v) is 10.4. The van der Waals surface area contributed by atoms with E-state index < -0.39 is 0 Å². The summed E-state index contributed by atoms with van der Waals surface area (Å²) in [5.41, 5.74) is 2.40.